The summed E-state index contributed by atoms with van der Waals surface area (Å²) in [5.74, 6) is 1.16. The Kier molecular flexibility index (Phi) is 9.42. The summed E-state index contributed by atoms with van der Waals surface area (Å²) in [7, 11) is 0. The lowest BCUT2D eigenvalue weighted by atomic mass is 10.0. The van der Waals surface area contributed by atoms with E-state index in [0.717, 1.165) is 49.3 Å². The average Bonchev–Trinajstić information content (AvgIpc) is 2.53. The third kappa shape index (κ3) is 7.06. The molecule has 0 fully saturated rings. The number of carbonyl (C=O) groups is 1. The standard InChI is InChI=1S/C20H32O3/c1-5-7-12-17-13-10-14-18(20(21)22-6-2)19(17)23-15-9-8-11-16(3)4/h10,13-14,16H,5-9,11-12,15H2,1-4H3. The molecule has 0 radical (unpaired) electrons. The minimum Gasteiger partial charge on any atom is -0.492 e. The van der Waals surface area contributed by atoms with E-state index in [1.54, 1.807) is 6.07 Å². The maximum atomic E-state index is 12.2. The zero-order valence-electron chi connectivity index (χ0n) is 15.2. The number of aryl methyl sites for hydroxylation is 1. The summed E-state index contributed by atoms with van der Waals surface area (Å²) in [4.78, 5) is 12.2. The van der Waals surface area contributed by atoms with Gasteiger partial charge in [-0.15, -0.1) is 0 Å². The lowest BCUT2D eigenvalue weighted by Gasteiger charge is -2.15. The highest BCUT2D eigenvalue weighted by Gasteiger charge is 2.17. The highest BCUT2D eigenvalue weighted by Crippen LogP contribution is 2.27. The molecule has 130 valence electrons. The molecule has 0 saturated heterocycles. The Balaban J connectivity index is 2.78. The molecule has 3 nitrogen and oxygen atoms in total. The quantitative estimate of drug-likeness (QED) is 0.404. The first-order valence-electron chi connectivity index (χ1n) is 9.01. The molecule has 0 aliphatic rings. The van der Waals surface area contributed by atoms with E-state index in [2.05, 4.69) is 26.8 Å². The molecule has 3 heteroatoms. The van der Waals surface area contributed by atoms with Gasteiger partial charge in [0.1, 0.15) is 11.3 Å². The maximum absolute atomic E-state index is 12.2. The van der Waals surface area contributed by atoms with Gasteiger partial charge in [-0.25, -0.2) is 4.79 Å². The van der Waals surface area contributed by atoms with Crippen molar-refractivity contribution in [1.29, 1.82) is 0 Å². The molecular weight excluding hydrogens is 288 g/mol. The van der Waals surface area contributed by atoms with Crippen molar-refractivity contribution in [2.75, 3.05) is 13.2 Å². The van der Waals surface area contributed by atoms with E-state index in [1.165, 1.54) is 6.42 Å². The summed E-state index contributed by atoms with van der Waals surface area (Å²) in [6, 6.07) is 5.78. The first-order valence-corrected chi connectivity index (χ1v) is 9.01. The Morgan fingerprint density at radius 1 is 1.13 bits per heavy atom. The van der Waals surface area contributed by atoms with Crippen LogP contribution in [0.4, 0.5) is 0 Å². The highest BCUT2D eigenvalue weighted by atomic mass is 16.5. The van der Waals surface area contributed by atoms with Crippen molar-refractivity contribution in [3.8, 4) is 5.75 Å². The largest absolute Gasteiger partial charge is 0.492 e. The third-order valence-corrected chi connectivity index (χ3v) is 3.81. The molecule has 0 amide bonds. The number of unbranched alkanes of at least 4 members (excludes halogenated alkanes) is 2. The smallest absolute Gasteiger partial charge is 0.341 e. The monoisotopic (exact) mass is 320 g/mol. The van der Waals surface area contributed by atoms with Gasteiger partial charge in [0.05, 0.1) is 13.2 Å². The minimum atomic E-state index is -0.289. The molecule has 0 spiro atoms. The molecule has 0 N–H and O–H groups in total. The molecule has 1 aromatic carbocycles. The van der Waals surface area contributed by atoms with E-state index in [4.69, 9.17) is 9.47 Å². The van der Waals surface area contributed by atoms with Gasteiger partial charge in [0.25, 0.3) is 0 Å². The van der Waals surface area contributed by atoms with Gasteiger partial charge in [0.15, 0.2) is 0 Å². The second-order valence-electron chi connectivity index (χ2n) is 6.36. The summed E-state index contributed by atoms with van der Waals surface area (Å²) in [6.07, 6.45) is 6.54. The van der Waals surface area contributed by atoms with Gasteiger partial charge in [-0.05, 0) is 50.2 Å². The van der Waals surface area contributed by atoms with Crippen molar-refractivity contribution in [2.24, 2.45) is 5.92 Å². The lowest BCUT2D eigenvalue weighted by molar-refractivity contribution is 0.0521. The molecule has 0 atom stereocenters. The fraction of sp³-hybridized carbons (Fsp3) is 0.650. The van der Waals surface area contributed by atoms with Crippen LogP contribution in [0.3, 0.4) is 0 Å². The fourth-order valence-corrected chi connectivity index (χ4v) is 2.52. The number of rotatable bonds is 11. The third-order valence-electron chi connectivity index (χ3n) is 3.81. The van der Waals surface area contributed by atoms with Crippen molar-refractivity contribution in [2.45, 2.75) is 66.2 Å². The predicted molar refractivity (Wildman–Crippen MR) is 95.2 cm³/mol. The van der Waals surface area contributed by atoms with E-state index in [9.17, 15) is 4.79 Å². The highest BCUT2D eigenvalue weighted by molar-refractivity contribution is 5.93. The number of para-hydroxylation sites is 1. The van der Waals surface area contributed by atoms with Crippen molar-refractivity contribution in [3.05, 3.63) is 29.3 Å². The number of benzene rings is 1. The number of ether oxygens (including phenoxy) is 2. The molecule has 0 aliphatic heterocycles. The molecule has 1 aromatic rings. The predicted octanol–water partition coefficient (Wildman–Crippen LogP) is 5.41. The lowest BCUT2D eigenvalue weighted by Crippen LogP contribution is -2.10. The van der Waals surface area contributed by atoms with Gasteiger partial charge in [-0.2, -0.15) is 0 Å². The maximum Gasteiger partial charge on any atom is 0.341 e. The molecule has 0 saturated carbocycles. The Morgan fingerprint density at radius 2 is 1.91 bits per heavy atom. The van der Waals surface area contributed by atoms with Gasteiger partial charge in [0, 0.05) is 0 Å². The van der Waals surface area contributed by atoms with Gasteiger partial charge >= 0.3 is 5.97 Å². The number of hydrogen-bond acceptors (Lipinski definition) is 3. The van der Waals surface area contributed by atoms with Gasteiger partial charge in [-0.1, -0.05) is 45.7 Å². The summed E-state index contributed by atoms with van der Waals surface area (Å²) in [5.41, 5.74) is 1.67. The summed E-state index contributed by atoms with van der Waals surface area (Å²) in [5, 5.41) is 0. The van der Waals surface area contributed by atoms with Crippen LogP contribution in [0.15, 0.2) is 18.2 Å². The van der Waals surface area contributed by atoms with Crippen LogP contribution < -0.4 is 4.74 Å². The van der Waals surface area contributed by atoms with E-state index in [-0.39, 0.29) is 5.97 Å². The normalized spacial score (nSPS) is 10.8. The van der Waals surface area contributed by atoms with Gasteiger partial charge in [-0.3, -0.25) is 0 Å². The van der Waals surface area contributed by atoms with Crippen LogP contribution in [-0.4, -0.2) is 19.2 Å². The molecule has 0 aromatic heterocycles. The molecule has 0 unspecified atom stereocenters. The zero-order valence-corrected chi connectivity index (χ0v) is 15.2. The first kappa shape index (κ1) is 19.5. The van der Waals surface area contributed by atoms with Crippen LogP contribution in [0.1, 0.15) is 75.7 Å². The van der Waals surface area contributed by atoms with Crippen molar-refractivity contribution >= 4 is 5.97 Å². The molecule has 23 heavy (non-hydrogen) atoms. The summed E-state index contributed by atoms with van der Waals surface area (Å²) < 4.78 is 11.2. The minimum absolute atomic E-state index is 0.289. The second kappa shape index (κ2) is 11.1. The van der Waals surface area contributed by atoms with E-state index in [1.807, 2.05) is 13.0 Å². The van der Waals surface area contributed by atoms with Gasteiger partial charge < -0.3 is 9.47 Å². The Bertz CT molecular complexity index is 466. The summed E-state index contributed by atoms with van der Waals surface area (Å²) in [6.45, 7) is 9.50. The zero-order chi connectivity index (χ0) is 17.1. The molecule has 0 heterocycles. The number of esters is 1. The molecule has 0 bridgehead atoms. The summed E-state index contributed by atoms with van der Waals surface area (Å²) >= 11 is 0. The van der Waals surface area contributed by atoms with E-state index >= 15 is 0 Å². The average molecular weight is 320 g/mol. The fourth-order valence-electron chi connectivity index (χ4n) is 2.52. The van der Waals surface area contributed by atoms with Gasteiger partial charge in [0.2, 0.25) is 0 Å². The molecule has 0 aliphatic carbocycles. The van der Waals surface area contributed by atoms with Crippen molar-refractivity contribution in [1.82, 2.24) is 0 Å². The molecule has 1 rings (SSSR count). The van der Waals surface area contributed by atoms with Crippen LogP contribution in [-0.2, 0) is 11.2 Å². The SMILES string of the molecule is CCCCc1cccc(C(=O)OCC)c1OCCCCC(C)C. The van der Waals surface area contributed by atoms with Crippen LogP contribution in [0, 0.1) is 5.92 Å². The van der Waals surface area contributed by atoms with Crippen LogP contribution >= 0.6 is 0 Å². The Morgan fingerprint density at radius 3 is 2.57 bits per heavy atom. The number of carbonyl (C=O) groups excluding carboxylic acids is 1. The van der Waals surface area contributed by atoms with Crippen molar-refractivity contribution < 1.29 is 14.3 Å². The second-order valence-corrected chi connectivity index (χ2v) is 6.36. The first-order chi connectivity index (χ1) is 11.1. The Labute approximate surface area is 141 Å². The molecular formula is C20H32O3. The van der Waals surface area contributed by atoms with Crippen molar-refractivity contribution in [3.63, 3.8) is 0 Å². The van der Waals surface area contributed by atoms with Crippen LogP contribution in [0.5, 0.6) is 5.75 Å². The topological polar surface area (TPSA) is 35.5 Å². The number of hydrogen-bond donors (Lipinski definition) is 0. The van der Waals surface area contributed by atoms with E-state index in [0.29, 0.717) is 18.8 Å². The van der Waals surface area contributed by atoms with E-state index < -0.39 is 0 Å². The van der Waals surface area contributed by atoms with Crippen LogP contribution in [0.2, 0.25) is 0 Å². The Hall–Kier alpha value is -1.51. The van der Waals surface area contributed by atoms with Crippen LogP contribution in [0.25, 0.3) is 0 Å².